The van der Waals surface area contributed by atoms with E-state index in [0.717, 1.165) is 16.0 Å². The highest BCUT2D eigenvalue weighted by Gasteiger charge is 2.13. The Labute approximate surface area is 142 Å². The number of amides is 1. The van der Waals surface area contributed by atoms with E-state index in [-0.39, 0.29) is 18.3 Å². The van der Waals surface area contributed by atoms with Gasteiger partial charge in [-0.25, -0.2) is 0 Å². The highest BCUT2D eigenvalue weighted by molar-refractivity contribution is 7.16. The van der Waals surface area contributed by atoms with E-state index in [0.29, 0.717) is 10.2 Å². The molecule has 0 saturated heterocycles. The first-order valence-electron chi connectivity index (χ1n) is 6.96. The van der Waals surface area contributed by atoms with Crippen LogP contribution in [-0.4, -0.2) is 16.1 Å². The monoisotopic (exact) mass is 347 g/mol. The number of nitrogens with one attached hydrogen (secondary N) is 1. The summed E-state index contributed by atoms with van der Waals surface area (Å²) >= 11 is 7.21. The normalized spacial score (nSPS) is 10.7. The van der Waals surface area contributed by atoms with Gasteiger partial charge in [0.15, 0.2) is 0 Å². The molecule has 2 heterocycles. The average Bonchev–Trinajstić information content (AvgIpc) is 3.11. The highest BCUT2D eigenvalue weighted by Crippen LogP contribution is 2.24. The predicted octanol–water partition coefficient (Wildman–Crippen LogP) is 4.25. The van der Waals surface area contributed by atoms with Crippen LogP contribution in [-0.2, 0) is 11.2 Å². The predicted molar refractivity (Wildman–Crippen MR) is 90.9 cm³/mol. The summed E-state index contributed by atoms with van der Waals surface area (Å²) in [6.45, 7) is 4.06. The molecule has 23 heavy (non-hydrogen) atoms. The van der Waals surface area contributed by atoms with Crippen LogP contribution in [0.3, 0.4) is 0 Å². The third-order valence-electron chi connectivity index (χ3n) is 3.39. The number of carbonyl (C=O) groups is 1. The van der Waals surface area contributed by atoms with Crippen molar-refractivity contribution < 1.29 is 9.21 Å². The van der Waals surface area contributed by atoms with E-state index in [9.17, 15) is 4.79 Å². The Kier molecular flexibility index (Phi) is 4.45. The van der Waals surface area contributed by atoms with Crippen molar-refractivity contribution in [3.63, 3.8) is 0 Å². The van der Waals surface area contributed by atoms with Crippen LogP contribution in [0.15, 0.2) is 34.7 Å². The fourth-order valence-electron chi connectivity index (χ4n) is 2.03. The molecule has 3 rings (SSSR count). The molecular weight excluding hydrogens is 334 g/mol. The van der Waals surface area contributed by atoms with Gasteiger partial charge in [-0.2, -0.15) is 0 Å². The van der Waals surface area contributed by atoms with Crippen molar-refractivity contribution in [2.75, 3.05) is 5.32 Å². The van der Waals surface area contributed by atoms with Gasteiger partial charge in [0, 0.05) is 10.4 Å². The molecule has 0 fully saturated rings. The van der Waals surface area contributed by atoms with Crippen LogP contribution < -0.4 is 5.32 Å². The van der Waals surface area contributed by atoms with E-state index in [4.69, 9.17) is 16.0 Å². The van der Waals surface area contributed by atoms with Crippen molar-refractivity contribution in [3.05, 3.63) is 50.7 Å². The summed E-state index contributed by atoms with van der Waals surface area (Å²) < 4.78 is 6.16. The van der Waals surface area contributed by atoms with Gasteiger partial charge in [0.1, 0.15) is 0 Å². The number of nitrogens with zero attached hydrogens (tertiary/aromatic N) is 2. The molecule has 118 valence electrons. The van der Waals surface area contributed by atoms with E-state index in [1.54, 1.807) is 6.07 Å². The summed E-state index contributed by atoms with van der Waals surface area (Å²) in [7, 11) is 0. The molecular formula is C16H14ClN3O2S. The molecule has 0 bridgehead atoms. The second kappa shape index (κ2) is 6.52. The number of anilines is 1. The number of halogens is 1. The van der Waals surface area contributed by atoms with Crippen LogP contribution in [0.5, 0.6) is 0 Å². The zero-order valence-electron chi connectivity index (χ0n) is 12.6. The molecule has 5 nitrogen and oxygen atoms in total. The average molecular weight is 348 g/mol. The first-order valence-corrected chi connectivity index (χ1v) is 8.16. The molecule has 0 unspecified atom stereocenters. The molecule has 1 aromatic carbocycles. The SMILES string of the molecule is Cc1ccc(-c2nnc(NC(=O)Cc3ccc(Cl)s3)o2)cc1C. The third kappa shape index (κ3) is 3.78. The van der Waals surface area contributed by atoms with Gasteiger partial charge in [0.25, 0.3) is 0 Å². The molecule has 0 aliphatic heterocycles. The number of aromatic nitrogens is 2. The first kappa shape index (κ1) is 15.7. The minimum Gasteiger partial charge on any atom is -0.403 e. The molecule has 7 heteroatoms. The molecule has 0 radical (unpaired) electrons. The van der Waals surface area contributed by atoms with Crippen LogP contribution in [0.4, 0.5) is 6.01 Å². The van der Waals surface area contributed by atoms with E-state index < -0.39 is 0 Å². The summed E-state index contributed by atoms with van der Waals surface area (Å²) in [5.74, 6) is 0.154. The van der Waals surface area contributed by atoms with Gasteiger partial charge >= 0.3 is 6.01 Å². The maximum atomic E-state index is 12.0. The second-order valence-corrected chi connectivity index (χ2v) is 6.94. The molecule has 0 spiro atoms. The van der Waals surface area contributed by atoms with Crippen LogP contribution in [0.1, 0.15) is 16.0 Å². The minimum absolute atomic E-state index is 0.0888. The van der Waals surface area contributed by atoms with Gasteiger partial charge < -0.3 is 4.42 Å². The lowest BCUT2D eigenvalue weighted by Gasteiger charge is -2.01. The van der Waals surface area contributed by atoms with Gasteiger partial charge in [-0.1, -0.05) is 22.8 Å². The number of thiophene rings is 1. The van der Waals surface area contributed by atoms with E-state index in [2.05, 4.69) is 15.5 Å². The fourth-order valence-corrected chi connectivity index (χ4v) is 3.12. The number of rotatable bonds is 4. The topological polar surface area (TPSA) is 68.0 Å². The Morgan fingerprint density at radius 1 is 1.22 bits per heavy atom. The largest absolute Gasteiger partial charge is 0.403 e. The van der Waals surface area contributed by atoms with Crippen molar-refractivity contribution in [3.8, 4) is 11.5 Å². The molecule has 1 amide bonds. The van der Waals surface area contributed by atoms with Crippen LogP contribution in [0, 0.1) is 13.8 Å². The van der Waals surface area contributed by atoms with Gasteiger partial charge in [-0.3, -0.25) is 10.1 Å². The van der Waals surface area contributed by atoms with E-state index in [1.165, 1.54) is 16.9 Å². The van der Waals surface area contributed by atoms with E-state index in [1.807, 2.05) is 38.1 Å². The van der Waals surface area contributed by atoms with Crippen LogP contribution in [0.2, 0.25) is 4.34 Å². The van der Waals surface area contributed by atoms with Crippen LogP contribution >= 0.6 is 22.9 Å². The second-order valence-electron chi connectivity index (χ2n) is 5.14. The number of carbonyl (C=O) groups excluding carboxylic acids is 1. The van der Waals surface area contributed by atoms with Crippen molar-refractivity contribution in [1.29, 1.82) is 0 Å². The molecule has 0 saturated carbocycles. The first-order chi connectivity index (χ1) is 11.0. The Morgan fingerprint density at radius 3 is 2.74 bits per heavy atom. The van der Waals surface area contributed by atoms with Gasteiger partial charge in [0.2, 0.25) is 11.8 Å². The number of hydrogen-bond acceptors (Lipinski definition) is 5. The Balaban J connectivity index is 1.69. The zero-order chi connectivity index (χ0) is 16.4. The molecule has 0 atom stereocenters. The van der Waals surface area contributed by atoms with Crippen molar-refractivity contribution >= 4 is 34.9 Å². The summed E-state index contributed by atoms with van der Waals surface area (Å²) in [5.41, 5.74) is 3.16. The smallest absolute Gasteiger partial charge is 0.322 e. The third-order valence-corrected chi connectivity index (χ3v) is 4.62. The fraction of sp³-hybridized carbons (Fsp3) is 0.188. The van der Waals surface area contributed by atoms with Gasteiger partial charge in [-0.05, 0) is 49.2 Å². The molecule has 0 aliphatic carbocycles. The lowest BCUT2D eigenvalue weighted by atomic mass is 10.1. The van der Waals surface area contributed by atoms with Crippen LogP contribution in [0.25, 0.3) is 11.5 Å². The number of aryl methyl sites for hydroxylation is 2. The summed E-state index contributed by atoms with van der Waals surface area (Å²) in [4.78, 5) is 12.8. The van der Waals surface area contributed by atoms with Crippen molar-refractivity contribution in [2.45, 2.75) is 20.3 Å². The number of benzene rings is 1. The Bertz CT molecular complexity index is 857. The zero-order valence-corrected chi connectivity index (χ0v) is 14.2. The maximum Gasteiger partial charge on any atom is 0.322 e. The molecule has 1 N–H and O–H groups in total. The summed E-state index contributed by atoms with van der Waals surface area (Å²) in [5, 5.41) is 10.4. The minimum atomic E-state index is -0.223. The lowest BCUT2D eigenvalue weighted by molar-refractivity contribution is -0.115. The Morgan fingerprint density at radius 2 is 2.04 bits per heavy atom. The van der Waals surface area contributed by atoms with Gasteiger partial charge in [-0.15, -0.1) is 16.4 Å². The summed E-state index contributed by atoms with van der Waals surface area (Å²) in [6.07, 6.45) is 0.221. The van der Waals surface area contributed by atoms with E-state index >= 15 is 0 Å². The molecule has 0 aliphatic rings. The molecule has 3 aromatic rings. The van der Waals surface area contributed by atoms with Crippen molar-refractivity contribution in [2.24, 2.45) is 0 Å². The number of hydrogen-bond donors (Lipinski definition) is 1. The molecule has 2 aromatic heterocycles. The quantitative estimate of drug-likeness (QED) is 0.766. The van der Waals surface area contributed by atoms with Gasteiger partial charge in [0.05, 0.1) is 10.8 Å². The van der Waals surface area contributed by atoms with Crippen molar-refractivity contribution in [1.82, 2.24) is 10.2 Å². The summed E-state index contributed by atoms with van der Waals surface area (Å²) in [6, 6.07) is 9.55. The highest BCUT2D eigenvalue weighted by atomic mass is 35.5. The maximum absolute atomic E-state index is 12.0. The Hall–Kier alpha value is -2.18. The lowest BCUT2D eigenvalue weighted by Crippen LogP contribution is -2.13. The standard InChI is InChI=1S/C16H14ClN3O2S/c1-9-3-4-11(7-10(9)2)15-19-20-16(22-15)18-14(21)8-12-5-6-13(17)23-12/h3-7H,8H2,1-2H3,(H,18,20,21).